The molecular weight excluding hydrogens is 268 g/mol. The molecule has 22 heavy (non-hydrogen) atoms. The Hall–Kier alpha value is -0.0800. The standard InChI is InChI=1S/C20H38N2/c1-15(16-7-5-4-6-8-16)22-12-11-21-14-17-9-10-18-13-19(17)20(18,2)3/h15-19,21-22H,4-14H2,1-3H3/t15-,17+,18+,19+/m1/s1. The third-order valence-electron chi connectivity index (χ3n) is 7.53. The van der Waals surface area contributed by atoms with Crippen molar-refractivity contribution in [2.75, 3.05) is 19.6 Å². The van der Waals surface area contributed by atoms with Gasteiger partial charge in [-0.05, 0) is 74.7 Å². The lowest BCUT2D eigenvalue weighted by molar-refractivity contribution is -0.103. The molecule has 2 nitrogen and oxygen atoms in total. The van der Waals surface area contributed by atoms with Gasteiger partial charge in [0.05, 0.1) is 0 Å². The van der Waals surface area contributed by atoms with Gasteiger partial charge in [0.2, 0.25) is 0 Å². The summed E-state index contributed by atoms with van der Waals surface area (Å²) in [4.78, 5) is 0. The van der Waals surface area contributed by atoms with Gasteiger partial charge < -0.3 is 10.6 Å². The lowest BCUT2D eigenvalue weighted by atomic mass is 9.45. The van der Waals surface area contributed by atoms with E-state index in [1.54, 1.807) is 0 Å². The molecule has 4 aliphatic rings. The summed E-state index contributed by atoms with van der Waals surface area (Å²) in [5.41, 5.74) is 0.637. The zero-order valence-corrected chi connectivity index (χ0v) is 15.2. The Bertz CT molecular complexity index is 344. The third-order valence-corrected chi connectivity index (χ3v) is 7.53. The minimum atomic E-state index is 0.637. The number of hydrogen-bond acceptors (Lipinski definition) is 2. The van der Waals surface area contributed by atoms with E-state index in [9.17, 15) is 0 Å². The van der Waals surface area contributed by atoms with Crippen LogP contribution in [-0.2, 0) is 0 Å². The second-order valence-electron chi connectivity index (χ2n) is 9.04. The van der Waals surface area contributed by atoms with Crippen LogP contribution in [0.5, 0.6) is 0 Å². The van der Waals surface area contributed by atoms with Crippen LogP contribution in [0.1, 0.15) is 72.1 Å². The van der Waals surface area contributed by atoms with Gasteiger partial charge in [0.25, 0.3) is 0 Å². The minimum Gasteiger partial charge on any atom is -0.315 e. The first kappa shape index (κ1) is 16.8. The maximum Gasteiger partial charge on any atom is 0.00793 e. The van der Waals surface area contributed by atoms with E-state index in [2.05, 4.69) is 31.4 Å². The van der Waals surface area contributed by atoms with Gasteiger partial charge in [0.15, 0.2) is 0 Å². The Morgan fingerprint density at radius 2 is 1.77 bits per heavy atom. The Morgan fingerprint density at radius 3 is 2.45 bits per heavy atom. The summed E-state index contributed by atoms with van der Waals surface area (Å²) in [6.45, 7) is 10.9. The van der Waals surface area contributed by atoms with Crippen LogP contribution in [0.15, 0.2) is 0 Å². The van der Waals surface area contributed by atoms with Crippen molar-refractivity contribution < 1.29 is 0 Å². The zero-order chi connectivity index (χ0) is 15.6. The van der Waals surface area contributed by atoms with Crippen LogP contribution >= 0.6 is 0 Å². The molecule has 4 fully saturated rings. The highest BCUT2D eigenvalue weighted by molar-refractivity contribution is 5.03. The third kappa shape index (κ3) is 3.53. The van der Waals surface area contributed by atoms with Crippen molar-refractivity contribution in [1.29, 1.82) is 0 Å². The molecule has 4 aliphatic carbocycles. The van der Waals surface area contributed by atoms with Crippen molar-refractivity contribution in [1.82, 2.24) is 10.6 Å². The van der Waals surface area contributed by atoms with Gasteiger partial charge in [0.1, 0.15) is 0 Å². The molecule has 2 N–H and O–H groups in total. The topological polar surface area (TPSA) is 24.1 Å². The average molecular weight is 307 g/mol. The van der Waals surface area contributed by atoms with Crippen molar-refractivity contribution in [2.24, 2.45) is 29.1 Å². The molecule has 0 aromatic rings. The van der Waals surface area contributed by atoms with Crippen LogP contribution in [0, 0.1) is 29.1 Å². The van der Waals surface area contributed by atoms with E-state index in [1.807, 2.05) is 0 Å². The normalized spacial score (nSPS) is 35.9. The summed E-state index contributed by atoms with van der Waals surface area (Å²) in [7, 11) is 0. The maximum atomic E-state index is 3.76. The fraction of sp³-hybridized carbons (Fsp3) is 1.00. The number of rotatable bonds is 7. The fourth-order valence-electron chi connectivity index (χ4n) is 5.68. The summed E-state index contributed by atoms with van der Waals surface area (Å²) < 4.78 is 0. The second kappa shape index (κ2) is 7.21. The highest BCUT2D eigenvalue weighted by Crippen LogP contribution is 2.61. The molecular formula is C20H38N2. The van der Waals surface area contributed by atoms with Gasteiger partial charge in [-0.15, -0.1) is 0 Å². The van der Waals surface area contributed by atoms with Gasteiger partial charge >= 0.3 is 0 Å². The highest BCUT2D eigenvalue weighted by Gasteiger charge is 2.53. The molecule has 4 rings (SSSR count). The SMILES string of the molecule is C[C@@H](NCCNC[C@@H]1CC[C@H]2C[C@@H]1C2(C)C)C1CCCCC1. The molecule has 0 aromatic heterocycles. The van der Waals surface area contributed by atoms with E-state index in [0.717, 1.165) is 36.8 Å². The van der Waals surface area contributed by atoms with Crippen molar-refractivity contribution in [3.05, 3.63) is 0 Å². The lowest BCUT2D eigenvalue weighted by Gasteiger charge is -2.60. The van der Waals surface area contributed by atoms with Gasteiger partial charge in [0, 0.05) is 19.1 Å². The monoisotopic (exact) mass is 306 g/mol. The molecule has 0 spiro atoms. The Kier molecular flexibility index (Phi) is 5.50. The summed E-state index contributed by atoms with van der Waals surface area (Å²) in [6, 6.07) is 0.711. The maximum absolute atomic E-state index is 3.76. The van der Waals surface area contributed by atoms with Crippen LogP contribution in [-0.4, -0.2) is 25.7 Å². The summed E-state index contributed by atoms with van der Waals surface area (Å²) >= 11 is 0. The lowest BCUT2D eigenvalue weighted by Crippen LogP contribution is -2.54. The van der Waals surface area contributed by atoms with E-state index in [4.69, 9.17) is 0 Å². The predicted octanol–water partition coefficient (Wildman–Crippen LogP) is 4.21. The summed E-state index contributed by atoms with van der Waals surface area (Å²) in [6.07, 6.45) is 11.7. The Labute approximate surface area is 138 Å². The van der Waals surface area contributed by atoms with Crippen LogP contribution in [0.4, 0.5) is 0 Å². The van der Waals surface area contributed by atoms with Gasteiger partial charge in [-0.2, -0.15) is 0 Å². The Morgan fingerprint density at radius 1 is 1.00 bits per heavy atom. The number of hydrogen-bond donors (Lipinski definition) is 2. The highest BCUT2D eigenvalue weighted by atomic mass is 15.0. The average Bonchev–Trinajstić information content (AvgIpc) is 2.55. The first-order chi connectivity index (χ1) is 10.6. The van der Waals surface area contributed by atoms with E-state index >= 15 is 0 Å². The van der Waals surface area contributed by atoms with Crippen molar-refractivity contribution in [3.8, 4) is 0 Å². The largest absolute Gasteiger partial charge is 0.315 e. The molecule has 0 aromatic carbocycles. The first-order valence-electron chi connectivity index (χ1n) is 10.0. The van der Waals surface area contributed by atoms with Crippen LogP contribution in [0.3, 0.4) is 0 Å². The summed E-state index contributed by atoms with van der Waals surface area (Å²) in [5, 5.41) is 7.51. The molecule has 2 heteroatoms. The van der Waals surface area contributed by atoms with Crippen LogP contribution < -0.4 is 10.6 Å². The van der Waals surface area contributed by atoms with Crippen molar-refractivity contribution in [2.45, 2.75) is 78.2 Å². The molecule has 0 saturated heterocycles. The van der Waals surface area contributed by atoms with Gasteiger partial charge in [-0.1, -0.05) is 33.1 Å². The summed E-state index contributed by atoms with van der Waals surface area (Å²) in [5.74, 6) is 3.90. The molecule has 4 saturated carbocycles. The van der Waals surface area contributed by atoms with E-state index in [-0.39, 0.29) is 0 Å². The molecule has 0 radical (unpaired) electrons. The molecule has 0 unspecified atom stereocenters. The molecule has 2 bridgehead atoms. The van der Waals surface area contributed by atoms with Crippen LogP contribution in [0.25, 0.3) is 0 Å². The molecule has 128 valence electrons. The minimum absolute atomic E-state index is 0.637. The Balaban J connectivity index is 1.28. The zero-order valence-electron chi connectivity index (χ0n) is 15.2. The van der Waals surface area contributed by atoms with Crippen LogP contribution in [0.2, 0.25) is 0 Å². The van der Waals surface area contributed by atoms with E-state index in [0.29, 0.717) is 11.5 Å². The number of fused-ring (bicyclic) bond motifs is 2. The van der Waals surface area contributed by atoms with Gasteiger partial charge in [-0.3, -0.25) is 0 Å². The second-order valence-corrected chi connectivity index (χ2v) is 9.04. The van der Waals surface area contributed by atoms with Crippen molar-refractivity contribution >= 4 is 0 Å². The quantitative estimate of drug-likeness (QED) is 0.689. The predicted molar refractivity (Wildman–Crippen MR) is 95.0 cm³/mol. The molecule has 0 amide bonds. The molecule has 0 heterocycles. The molecule has 4 atom stereocenters. The smallest absolute Gasteiger partial charge is 0.00793 e. The number of nitrogens with one attached hydrogen (secondary N) is 2. The van der Waals surface area contributed by atoms with E-state index in [1.165, 1.54) is 57.9 Å². The van der Waals surface area contributed by atoms with E-state index < -0.39 is 0 Å². The van der Waals surface area contributed by atoms with Crippen molar-refractivity contribution in [3.63, 3.8) is 0 Å². The molecule has 0 aliphatic heterocycles. The fourth-order valence-corrected chi connectivity index (χ4v) is 5.68. The van der Waals surface area contributed by atoms with Gasteiger partial charge in [-0.25, -0.2) is 0 Å². The first-order valence-corrected chi connectivity index (χ1v) is 10.0.